The van der Waals surface area contributed by atoms with Crippen LogP contribution >= 0.6 is 11.3 Å². The maximum atomic E-state index is 13.8. The molecular weight excluding hydrogens is 486 g/mol. The fourth-order valence-corrected chi connectivity index (χ4v) is 6.50. The van der Waals surface area contributed by atoms with Gasteiger partial charge in [0.15, 0.2) is 5.13 Å². The molecule has 4 aromatic rings. The van der Waals surface area contributed by atoms with E-state index in [0.717, 1.165) is 25.8 Å². The van der Waals surface area contributed by atoms with Gasteiger partial charge in [0, 0.05) is 7.05 Å². The molecule has 0 unspecified atom stereocenters. The Hall–Kier alpha value is -3.44. The van der Waals surface area contributed by atoms with E-state index in [9.17, 15) is 13.2 Å². The minimum atomic E-state index is -4.08. The van der Waals surface area contributed by atoms with Crippen LogP contribution in [-0.2, 0) is 21.9 Å². The van der Waals surface area contributed by atoms with Crippen LogP contribution in [0.3, 0.4) is 0 Å². The Bertz CT molecular complexity index is 1490. The maximum Gasteiger partial charge on any atom is 0.268 e. The highest BCUT2D eigenvalue weighted by Crippen LogP contribution is 2.31. The highest BCUT2D eigenvalue weighted by Gasteiger charge is 2.32. The molecule has 0 saturated heterocycles. The fourth-order valence-electron chi connectivity index (χ4n) is 3.77. The lowest BCUT2D eigenvalue weighted by molar-refractivity contribution is -0.114. The molecule has 0 saturated carbocycles. The number of carbonyl (C=O) groups is 1. The number of nitrogens with zero attached hydrogens (tertiary/aromatic N) is 4. The summed E-state index contributed by atoms with van der Waals surface area (Å²) in [4.78, 5) is 17.6. The average molecular weight is 514 g/mol. The summed E-state index contributed by atoms with van der Waals surface area (Å²) in [5.41, 5.74) is 2.96. The van der Waals surface area contributed by atoms with Crippen LogP contribution in [0.4, 0.5) is 10.8 Å². The molecular formula is C24H27N5O4S2. The number of hydrogen-bond donors (Lipinski definition) is 1. The number of aromatic nitrogens is 3. The number of nitrogens with one attached hydrogen (secondary N) is 1. The van der Waals surface area contributed by atoms with Gasteiger partial charge in [0.25, 0.3) is 10.0 Å². The summed E-state index contributed by atoms with van der Waals surface area (Å²) < 4.78 is 36.5. The lowest BCUT2D eigenvalue weighted by Gasteiger charge is -2.24. The van der Waals surface area contributed by atoms with Gasteiger partial charge in [-0.2, -0.15) is 5.10 Å². The number of anilines is 2. The molecule has 2 aromatic heterocycles. The Labute approximate surface area is 208 Å². The van der Waals surface area contributed by atoms with E-state index in [1.54, 1.807) is 33.0 Å². The first-order valence-corrected chi connectivity index (χ1v) is 13.3. The Morgan fingerprint density at radius 3 is 2.49 bits per heavy atom. The van der Waals surface area contributed by atoms with E-state index in [2.05, 4.69) is 15.4 Å². The predicted molar refractivity (Wildman–Crippen MR) is 138 cm³/mol. The van der Waals surface area contributed by atoms with Gasteiger partial charge in [0.2, 0.25) is 5.91 Å². The molecule has 35 heavy (non-hydrogen) atoms. The molecule has 1 amide bonds. The number of fused-ring (bicyclic) bond motifs is 1. The highest BCUT2D eigenvalue weighted by molar-refractivity contribution is 7.93. The van der Waals surface area contributed by atoms with E-state index in [4.69, 9.17) is 4.74 Å². The van der Waals surface area contributed by atoms with E-state index in [-0.39, 0.29) is 4.90 Å². The van der Waals surface area contributed by atoms with Gasteiger partial charge in [0.1, 0.15) is 17.2 Å². The minimum Gasteiger partial charge on any atom is -0.494 e. The van der Waals surface area contributed by atoms with E-state index in [1.807, 2.05) is 44.2 Å². The summed E-state index contributed by atoms with van der Waals surface area (Å²) in [5, 5.41) is 7.39. The molecule has 0 aliphatic rings. The van der Waals surface area contributed by atoms with Crippen molar-refractivity contribution in [3.63, 3.8) is 0 Å². The van der Waals surface area contributed by atoms with Crippen LogP contribution in [0.25, 0.3) is 10.2 Å². The van der Waals surface area contributed by atoms with Gasteiger partial charge in [0.05, 0.1) is 33.9 Å². The van der Waals surface area contributed by atoms with Crippen molar-refractivity contribution in [1.29, 1.82) is 0 Å². The standard InChI is InChI=1S/C24H27N5O4S2/c1-6-33-19-11-12-20-21(13-19)34-24(25-20)26-22(30)14-29(18-9-7-15(2)8-10-18)35(31,32)23-16(3)27-28(5)17(23)4/h7-13H,6,14H2,1-5H3,(H,25,26,30). The van der Waals surface area contributed by atoms with E-state index < -0.39 is 22.5 Å². The molecule has 184 valence electrons. The Kier molecular flexibility index (Phi) is 6.82. The number of carbonyl (C=O) groups excluding carboxylic acids is 1. The Balaban J connectivity index is 1.65. The van der Waals surface area contributed by atoms with Crippen molar-refractivity contribution in [3.8, 4) is 5.75 Å². The maximum absolute atomic E-state index is 13.8. The van der Waals surface area contributed by atoms with Crippen LogP contribution in [0.2, 0.25) is 0 Å². The van der Waals surface area contributed by atoms with Gasteiger partial charge in [-0.3, -0.25) is 13.8 Å². The number of benzene rings is 2. The van der Waals surface area contributed by atoms with Crippen molar-refractivity contribution in [2.45, 2.75) is 32.6 Å². The van der Waals surface area contributed by atoms with Crippen molar-refractivity contribution >= 4 is 48.3 Å². The van der Waals surface area contributed by atoms with Crippen LogP contribution in [0.15, 0.2) is 47.4 Å². The second kappa shape index (κ2) is 9.67. The summed E-state index contributed by atoms with van der Waals surface area (Å²) in [7, 11) is -2.39. The Morgan fingerprint density at radius 2 is 1.86 bits per heavy atom. The molecule has 9 nitrogen and oxygen atoms in total. The fraction of sp³-hybridized carbons (Fsp3) is 0.292. The second-order valence-electron chi connectivity index (χ2n) is 8.10. The first-order valence-electron chi connectivity index (χ1n) is 11.0. The lowest BCUT2D eigenvalue weighted by Crippen LogP contribution is -2.38. The second-order valence-corrected chi connectivity index (χ2v) is 10.9. The molecule has 0 atom stereocenters. The van der Waals surface area contributed by atoms with Crippen LogP contribution < -0.4 is 14.4 Å². The molecule has 0 fully saturated rings. The van der Waals surface area contributed by atoms with E-state index in [0.29, 0.717) is 28.8 Å². The third-order valence-electron chi connectivity index (χ3n) is 5.52. The lowest BCUT2D eigenvalue weighted by atomic mass is 10.2. The van der Waals surface area contributed by atoms with Crippen molar-refractivity contribution in [3.05, 3.63) is 59.4 Å². The topological polar surface area (TPSA) is 106 Å². The third kappa shape index (κ3) is 5.01. The molecule has 0 bridgehead atoms. The first kappa shape index (κ1) is 24.7. The van der Waals surface area contributed by atoms with Crippen LogP contribution in [-0.4, -0.2) is 42.2 Å². The van der Waals surface area contributed by atoms with Gasteiger partial charge >= 0.3 is 0 Å². The van der Waals surface area contributed by atoms with E-state index >= 15 is 0 Å². The molecule has 1 N–H and O–H groups in total. The van der Waals surface area contributed by atoms with Gasteiger partial charge in [-0.05, 0) is 58.0 Å². The van der Waals surface area contributed by atoms with Crippen molar-refractivity contribution in [1.82, 2.24) is 14.8 Å². The number of rotatable bonds is 8. The molecule has 0 aliphatic heterocycles. The molecule has 0 spiro atoms. The summed E-state index contributed by atoms with van der Waals surface area (Å²) in [6.07, 6.45) is 0. The Morgan fingerprint density at radius 1 is 1.14 bits per heavy atom. The number of hydrogen-bond acceptors (Lipinski definition) is 7. The molecule has 0 aliphatic carbocycles. The van der Waals surface area contributed by atoms with Gasteiger partial charge in [-0.1, -0.05) is 29.0 Å². The SMILES string of the molecule is CCOc1ccc2nc(NC(=O)CN(c3ccc(C)cc3)S(=O)(=O)c3c(C)nn(C)c3C)sc2c1. The number of aryl methyl sites for hydroxylation is 3. The van der Waals surface area contributed by atoms with Crippen LogP contribution in [0.1, 0.15) is 23.9 Å². The first-order chi connectivity index (χ1) is 16.6. The molecule has 2 aromatic carbocycles. The zero-order valence-corrected chi connectivity index (χ0v) is 21.8. The van der Waals surface area contributed by atoms with Gasteiger partial charge < -0.3 is 10.1 Å². The van der Waals surface area contributed by atoms with Crippen LogP contribution in [0.5, 0.6) is 5.75 Å². The number of thiazole rings is 1. The normalized spacial score (nSPS) is 11.6. The molecule has 11 heteroatoms. The number of amides is 1. The molecule has 4 rings (SSSR count). The summed E-state index contributed by atoms with van der Waals surface area (Å²) >= 11 is 1.30. The zero-order chi connectivity index (χ0) is 25.3. The number of ether oxygens (including phenoxy) is 1. The average Bonchev–Trinajstić information content (AvgIpc) is 3.31. The highest BCUT2D eigenvalue weighted by atomic mass is 32.2. The minimum absolute atomic E-state index is 0.0943. The van der Waals surface area contributed by atoms with Crippen molar-refractivity contribution < 1.29 is 17.9 Å². The van der Waals surface area contributed by atoms with Gasteiger partial charge in [-0.25, -0.2) is 13.4 Å². The summed E-state index contributed by atoms with van der Waals surface area (Å²) in [5.74, 6) is 0.220. The quantitative estimate of drug-likeness (QED) is 0.379. The van der Waals surface area contributed by atoms with Gasteiger partial charge in [-0.15, -0.1) is 0 Å². The van der Waals surface area contributed by atoms with E-state index in [1.165, 1.54) is 16.0 Å². The van der Waals surface area contributed by atoms with Crippen LogP contribution in [0, 0.1) is 20.8 Å². The third-order valence-corrected chi connectivity index (χ3v) is 8.48. The molecule has 2 heterocycles. The summed E-state index contributed by atoms with van der Waals surface area (Å²) in [6.45, 7) is 7.29. The summed E-state index contributed by atoms with van der Waals surface area (Å²) in [6, 6.07) is 12.5. The number of sulfonamides is 1. The largest absolute Gasteiger partial charge is 0.494 e. The predicted octanol–water partition coefficient (Wildman–Crippen LogP) is 4.19. The molecule has 0 radical (unpaired) electrons. The smallest absolute Gasteiger partial charge is 0.268 e. The van der Waals surface area contributed by atoms with Crippen molar-refractivity contribution in [2.24, 2.45) is 7.05 Å². The zero-order valence-electron chi connectivity index (χ0n) is 20.2. The monoisotopic (exact) mass is 513 g/mol. The van der Waals surface area contributed by atoms with Crippen molar-refractivity contribution in [2.75, 3.05) is 22.8 Å².